The van der Waals surface area contributed by atoms with Gasteiger partial charge in [-0.1, -0.05) is 33.1 Å². The molecule has 2 atom stereocenters. The molecule has 0 saturated carbocycles. The number of nitrogens with one attached hydrogen (secondary N) is 1. The first-order chi connectivity index (χ1) is 5.72. The maximum Gasteiger partial charge on any atom is 0.0690 e. The highest BCUT2D eigenvalue weighted by atomic mass is 16.3. The number of aliphatic hydroxyl groups is 1. The van der Waals surface area contributed by atoms with Gasteiger partial charge in [-0.2, -0.15) is 0 Å². The van der Waals surface area contributed by atoms with Gasteiger partial charge in [0.15, 0.2) is 0 Å². The summed E-state index contributed by atoms with van der Waals surface area (Å²) in [6, 6.07) is 0.242. The number of likely N-dealkylation sites (N-methyl/N-ethyl adjacent to an activating group) is 1. The molecule has 0 aromatic rings. The van der Waals surface area contributed by atoms with Gasteiger partial charge in [0.1, 0.15) is 0 Å². The van der Waals surface area contributed by atoms with Gasteiger partial charge in [0.25, 0.3) is 0 Å². The summed E-state index contributed by atoms with van der Waals surface area (Å²) in [5.41, 5.74) is 0. The van der Waals surface area contributed by atoms with Gasteiger partial charge in [-0.25, -0.2) is 0 Å². The van der Waals surface area contributed by atoms with E-state index in [1.165, 1.54) is 12.8 Å². The largest absolute Gasteiger partial charge is 0.392 e. The van der Waals surface area contributed by atoms with E-state index in [9.17, 15) is 5.11 Å². The van der Waals surface area contributed by atoms with Crippen LogP contribution in [0.5, 0.6) is 0 Å². The van der Waals surface area contributed by atoms with Crippen LogP contribution in [-0.4, -0.2) is 23.8 Å². The molecule has 0 aromatic carbocycles. The minimum Gasteiger partial charge on any atom is -0.392 e. The molecule has 0 rings (SSSR count). The molecule has 0 saturated heterocycles. The summed E-state index contributed by atoms with van der Waals surface area (Å²) in [5.74, 6) is 0. The number of hydrogen-bond donors (Lipinski definition) is 2. The number of aliphatic hydroxyl groups excluding tert-OH is 1. The molecule has 2 heteroatoms. The van der Waals surface area contributed by atoms with Gasteiger partial charge in [-0.05, 0) is 19.9 Å². The Hall–Kier alpha value is -0.0800. The van der Waals surface area contributed by atoms with Crippen LogP contribution in [0.4, 0.5) is 0 Å². The van der Waals surface area contributed by atoms with Crippen molar-refractivity contribution in [1.29, 1.82) is 0 Å². The summed E-state index contributed by atoms with van der Waals surface area (Å²) < 4.78 is 0. The summed E-state index contributed by atoms with van der Waals surface area (Å²) in [6.45, 7) is 7.22. The third-order valence-electron chi connectivity index (χ3n) is 2.21. The summed E-state index contributed by atoms with van der Waals surface area (Å²) in [7, 11) is 0. The third kappa shape index (κ3) is 5.56. The Morgan fingerprint density at radius 3 is 2.42 bits per heavy atom. The maximum atomic E-state index is 9.61. The third-order valence-corrected chi connectivity index (χ3v) is 2.21. The van der Waals surface area contributed by atoms with Crippen molar-refractivity contribution in [2.75, 3.05) is 6.54 Å². The maximum absolute atomic E-state index is 9.61. The summed E-state index contributed by atoms with van der Waals surface area (Å²) in [4.78, 5) is 0. The fraction of sp³-hybridized carbons (Fsp3) is 1.00. The predicted octanol–water partition coefficient (Wildman–Crippen LogP) is 1.93. The molecule has 0 aliphatic carbocycles. The van der Waals surface area contributed by atoms with Crippen LogP contribution in [-0.2, 0) is 0 Å². The van der Waals surface area contributed by atoms with E-state index in [1.807, 2.05) is 6.92 Å². The van der Waals surface area contributed by atoms with E-state index in [4.69, 9.17) is 0 Å². The molecule has 2 unspecified atom stereocenters. The van der Waals surface area contributed by atoms with Crippen LogP contribution in [0.3, 0.4) is 0 Å². The lowest BCUT2D eigenvalue weighted by molar-refractivity contribution is 0.123. The first-order valence-corrected chi connectivity index (χ1v) is 5.13. The van der Waals surface area contributed by atoms with Gasteiger partial charge in [-0.3, -0.25) is 0 Å². The minimum absolute atomic E-state index is 0.170. The normalized spacial score (nSPS) is 16.0. The molecule has 0 heterocycles. The first kappa shape index (κ1) is 11.9. The molecular weight excluding hydrogens is 150 g/mol. The van der Waals surface area contributed by atoms with Crippen molar-refractivity contribution >= 4 is 0 Å². The van der Waals surface area contributed by atoms with E-state index >= 15 is 0 Å². The number of rotatable bonds is 7. The van der Waals surface area contributed by atoms with E-state index < -0.39 is 0 Å². The van der Waals surface area contributed by atoms with E-state index in [0.717, 1.165) is 19.4 Å². The molecule has 0 aliphatic heterocycles. The second-order valence-electron chi connectivity index (χ2n) is 3.41. The lowest BCUT2D eigenvalue weighted by atomic mass is 10.1. The summed E-state index contributed by atoms with van der Waals surface area (Å²) in [5, 5.41) is 12.8. The van der Waals surface area contributed by atoms with Crippen molar-refractivity contribution in [3.8, 4) is 0 Å². The topological polar surface area (TPSA) is 32.3 Å². The highest BCUT2D eigenvalue weighted by molar-refractivity contribution is 4.69. The van der Waals surface area contributed by atoms with Crippen LogP contribution >= 0.6 is 0 Å². The lowest BCUT2D eigenvalue weighted by Gasteiger charge is -2.19. The SMILES string of the molecule is CCCCCC(O)C(C)NCC. The van der Waals surface area contributed by atoms with Crippen molar-refractivity contribution in [1.82, 2.24) is 5.32 Å². The molecule has 0 radical (unpaired) electrons. The van der Waals surface area contributed by atoms with Crippen LogP contribution < -0.4 is 5.32 Å². The van der Waals surface area contributed by atoms with E-state index in [1.54, 1.807) is 0 Å². The summed E-state index contributed by atoms with van der Waals surface area (Å²) in [6.07, 6.45) is 4.37. The van der Waals surface area contributed by atoms with Crippen molar-refractivity contribution in [2.45, 2.75) is 58.6 Å². The van der Waals surface area contributed by atoms with Crippen LogP contribution in [0.15, 0.2) is 0 Å². The molecule has 0 aromatic heterocycles. The van der Waals surface area contributed by atoms with E-state index in [-0.39, 0.29) is 12.1 Å². The molecule has 0 bridgehead atoms. The fourth-order valence-corrected chi connectivity index (χ4v) is 1.31. The van der Waals surface area contributed by atoms with Crippen LogP contribution in [0.2, 0.25) is 0 Å². The molecule has 0 aliphatic rings. The van der Waals surface area contributed by atoms with Crippen molar-refractivity contribution < 1.29 is 5.11 Å². The zero-order chi connectivity index (χ0) is 9.40. The van der Waals surface area contributed by atoms with Gasteiger partial charge < -0.3 is 10.4 Å². The highest BCUT2D eigenvalue weighted by Gasteiger charge is 2.11. The van der Waals surface area contributed by atoms with Crippen molar-refractivity contribution in [3.63, 3.8) is 0 Å². The van der Waals surface area contributed by atoms with Crippen molar-refractivity contribution in [2.24, 2.45) is 0 Å². The first-order valence-electron chi connectivity index (χ1n) is 5.13. The fourth-order valence-electron chi connectivity index (χ4n) is 1.31. The molecule has 0 spiro atoms. The Morgan fingerprint density at radius 2 is 1.92 bits per heavy atom. The Morgan fingerprint density at radius 1 is 1.25 bits per heavy atom. The van der Waals surface area contributed by atoms with Crippen LogP contribution in [0.25, 0.3) is 0 Å². The zero-order valence-electron chi connectivity index (χ0n) is 8.64. The average Bonchev–Trinajstić information content (AvgIpc) is 2.05. The smallest absolute Gasteiger partial charge is 0.0690 e. The molecule has 0 fully saturated rings. The molecule has 2 nitrogen and oxygen atoms in total. The summed E-state index contributed by atoms with van der Waals surface area (Å²) >= 11 is 0. The average molecular weight is 173 g/mol. The van der Waals surface area contributed by atoms with E-state index in [2.05, 4.69) is 19.2 Å². The van der Waals surface area contributed by atoms with Crippen LogP contribution in [0.1, 0.15) is 46.5 Å². The second kappa shape index (κ2) is 7.56. The van der Waals surface area contributed by atoms with Gasteiger partial charge in [0.05, 0.1) is 6.10 Å². The van der Waals surface area contributed by atoms with E-state index in [0.29, 0.717) is 0 Å². The van der Waals surface area contributed by atoms with Crippen molar-refractivity contribution in [3.05, 3.63) is 0 Å². The zero-order valence-corrected chi connectivity index (χ0v) is 8.64. The molecular formula is C10H23NO. The Balaban J connectivity index is 3.35. The number of hydrogen-bond acceptors (Lipinski definition) is 2. The Kier molecular flexibility index (Phi) is 7.51. The van der Waals surface area contributed by atoms with Gasteiger partial charge in [-0.15, -0.1) is 0 Å². The quantitative estimate of drug-likeness (QED) is 0.577. The highest BCUT2D eigenvalue weighted by Crippen LogP contribution is 2.06. The van der Waals surface area contributed by atoms with Gasteiger partial charge in [0.2, 0.25) is 0 Å². The molecule has 0 amide bonds. The minimum atomic E-state index is -0.170. The van der Waals surface area contributed by atoms with Gasteiger partial charge in [0, 0.05) is 6.04 Å². The van der Waals surface area contributed by atoms with Gasteiger partial charge >= 0.3 is 0 Å². The second-order valence-corrected chi connectivity index (χ2v) is 3.41. The standard InChI is InChI=1S/C10H23NO/c1-4-6-7-8-10(12)9(3)11-5-2/h9-12H,4-8H2,1-3H3. The number of unbranched alkanes of at least 4 members (excludes halogenated alkanes) is 2. The Bertz CT molecular complexity index is 95.8. The Labute approximate surface area is 76.4 Å². The molecule has 12 heavy (non-hydrogen) atoms. The molecule has 2 N–H and O–H groups in total. The molecule has 74 valence electrons. The monoisotopic (exact) mass is 173 g/mol. The van der Waals surface area contributed by atoms with Crippen LogP contribution in [0, 0.1) is 0 Å². The lowest BCUT2D eigenvalue weighted by Crippen LogP contribution is -2.37. The predicted molar refractivity (Wildman–Crippen MR) is 53.3 cm³/mol.